The molecule has 9 heteroatoms. The zero-order chi connectivity index (χ0) is 16.7. The van der Waals surface area contributed by atoms with Gasteiger partial charge in [0.25, 0.3) is 0 Å². The lowest BCUT2D eigenvalue weighted by Gasteiger charge is -2.14. The molecule has 3 aromatic rings. The number of anilines is 1. The van der Waals surface area contributed by atoms with Crippen LogP contribution in [0.3, 0.4) is 0 Å². The molecule has 0 aliphatic heterocycles. The molecule has 2 N–H and O–H groups in total. The summed E-state index contributed by atoms with van der Waals surface area (Å²) in [7, 11) is 1.66. The second-order valence-electron chi connectivity index (χ2n) is 5.05. The molecule has 0 aromatic carbocycles. The summed E-state index contributed by atoms with van der Waals surface area (Å²) in [5, 5.41) is 0. The smallest absolute Gasteiger partial charge is 0.223 e. The van der Waals surface area contributed by atoms with Crippen LogP contribution in [0.1, 0.15) is 16.8 Å². The van der Waals surface area contributed by atoms with Crippen LogP contribution in [-0.4, -0.2) is 31.6 Å². The number of hydrogen-bond acceptors (Lipinski definition) is 6. The predicted molar refractivity (Wildman–Crippen MR) is 94.5 cm³/mol. The van der Waals surface area contributed by atoms with Crippen LogP contribution >= 0.6 is 31.9 Å². The summed E-state index contributed by atoms with van der Waals surface area (Å²) < 4.78 is 8.71. The molecule has 0 fully saturated rings. The number of aromatic nitrogens is 5. The van der Waals surface area contributed by atoms with Crippen molar-refractivity contribution in [3.63, 3.8) is 0 Å². The quantitative estimate of drug-likeness (QED) is 0.496. The molecule has 0 aliphatic rings. The number of halogens is 2. The fourth-order valence-electron chi connectivity index (χ4n) is 2.45. The third kappa shape index (κ3) is 2.78. The number of nitrogen functional groups attached to an aromatic ring is 1. The van der Waals surface area contributed by atoms with Crippen LogP contribution in [0.25, 0.3) is 11.2 Å². The largest absolute Gasteiger partial charge is 0.496 e. The van der Waals surface area contributed by atoms with E-state index in [1.54, 1.807) is 13.4 Å². The van der Waals surface area contributed by atoms with Gasteiger partial charge in [-0.15, -0.1) is 0 Å². The van der Waals surface area contributed by atoms with Crippen LogP contribution in [0, 0.1) is 13.8 Å². The first kappa shape index (κ1) is 16.1. The number of nitrogens with two attached hydrogens (primary N) is 1. The van der Waals surface area contributed by atoms with Gasteiger partial charge in [-0.2, -0.15) is 4.98 Å². The molecule has 7 nitrogen and oxygen atoms in total. The number of nitrogens with zero attached hydrogens (tertiary/aromatic N) is 5. The SMILES string of the molecule is COc1c(C)c(Br)nc(Cn2cnc3c(Br)nc(N)nc32)c1C. The van der Waals surface area contributed by atoms with E-state index in [9.17, 15) is 0 Å². The fraction of sp³-hybridized carbons (Fsp3) is 0.286. The minimum absolute atomic E-state index is 0.193. The number of fused-ring (bicyclic) bond motifs is 1. The van der Waals surface area contributed by atoms with Crippen molar-refractivity contribution in [2.45, 2.75) is 20.4 Å². The standard InChI is InChI=1S/C14H14Br2N6O/c1-6-8(19-11(15)7(2)10(6)23-3)4-22-5-18-9-12(16)20-14(17)21-13(9)22/h5H,4H2,1-3H3,(H2,17,20,21). The van der Waals surface area contributed by atoms with E-state index in [4.69, 9.17) is 10.5 Å². The van der Waals surface area contributed by atoms with Gasteiger partial charge in [0.1, 0.15) is 20.5 Å². The Morgan fingerprint density at radius 3 is 2.57 bits per heavy atom. The number of hydrogen-bond donors (Lipinski definition) is 1. The summed E-state index contributed by atoms with van der Waals surface area (Å²) in [6.45, 7) is 4.45. The Hall–Kier alpha value is -1.74. The van der Waals surface area contributed by atoms with Gasteiger partial charge in [-0.25, -0.2) is 15.0 Å². The van der Waals surface area contributed by atoms with Gasteiger partial charge >= 0.3 is 0 Å². The van der Waals surface area contributed by atoms with Gasteiger partial charge < -0.3 is 15.0 Å². The second kappa shape index (κ2) is 6.04. The van der Waals surface area contributed by atoms with Crippen molar-refractivity contribution in [1.82, 2.24) is 24.5 Å². The molecule has 0 unspecified atom stereocenters. The number of imidazole rings is 1. The van der Waals surface area contributed by atoms with E-state index in [0.29, 0.717) is 22.3 Å². The van der Waals surface area contributed by atoms with Crippen LogP contribution in [0.5, 0.6) is 5.75 Å². The van der Waals surface area contributed by atoms with Crippen molar-refractivity contribution >= 4 is 49.0 Å². The number of ether oxygens (including phenoxy) is 1. The van der Waals surface area contributed by atoms with E-state index < -0.39 is 0 Å². The van der Waals surface area contributed by atoms with Crippen molar-refractivity contribution in [1.29, 1.82) is 0 Å². The molecule has 3 aromatic heterocycles. The Kier molecular flexibility index (Phi) is 4.24. The molecule has 120 valence electrons. The van der Waals surface area contributed by atoms with Crippen LogP contribution in [0.4, 0.5) is 5.95 Å². The monoisotopic (exact) mass is 440 g/mol. The normalized spacial score (nSPS) is 11.2. The molecule has 3 rings (SSSR count). The van der Waals surface area contributed by atoms with Gasteiger partial charge in [-0.3, -0.25) is 0 Å². The molecule has 3 heterocycles. The van der Waals surface area contributed by atoms with Crippen LogP contribution in [0.2, 0.25) is 0 Å². The summed E-state index contributed by atoms with van der Waals surface area (Å²) >= 11 is 6.83. The Morgan fingerprint density at radius 1 is 1.13 bits per heavy atom. The lowest BCUT2D eigenvalue weighted by atomic mass is 10.1. The predicted octanol–water partition coefficient (Wildman–Crippen LogP) is 3.00. The van der Waals surface area contributed by atoms with E-state index in [-0.39, 0.29) is 5.95 Å². The van der Waals surface area contributed by atoms with Crippen molar-refractivity contribution < 1.29 is 4.74 Å². The number of methoxy groups -OCH3 is 1. The summed E-state index contributed by atoms with van der Waals surface area (Å²) in [6, 6.07) is 0. The maximum absolute atomic E-state index is 5.73. The molecular formula is C14H14Br2N6O. The van der Waals surface area contributed by atoms with Crippen molar-refractivity contribution in [3.8, 4) is 5.75 Å². The van der Waals surface area contributed by atoms with Gasteiger partial charge in [0.05, 0.1) is 25.7 Å². The molecular weight excluding hydrogens is 428 g/mol. The topological polar surface area (TPSA) is 91.7 Å². The molecule has 0 bridgehead atoms. The summed E-state index contributed by atoms with van der Waals surface area (Å²) in [6.07, 6.45) is 1.70. The average Bonchev–Trinajstić information content (AvgIpc) is 2.89. The molecule has 0 aliphatic carbocycles. The molecule has 0 saturated carbocycles. The lowest BCUT2D eigenvalue weighted by molar-refractivity contribution is 0.406. The molecule has 0 spiro atoms. The molecule has 0 atom stereocenters. The van der Waals surface area contributed by atoms with E-state index in [1.807, 2.05) is 18.4 Å². The average molecular weight is 442 g/mol. The van der Waals surface area contributed by atoms with Crippen molar-refractivity contribution in [2.75, 3.05) is 12.8 Å². The van der Waals surface area contributed by atoms with Crippen LogP contribution in [-0.2, 0) is 6.54 Å². The minimum Gasteiger partial charge on any atom is -0.496 e. The fourth-order valence-corrected chi connectivity index (χ4v) is 3.31. The maximum atomic E-state index is 5.73. The van der Waals surface area contributed by atoms with E-state index in [0.717, 1.165) is 27.2 Å². The molecule has 23 heavy (non-hydrogen) atoms. The van der Waals surface area contributed by atoms with Crippen molar-refractivity contribution in [2.24, 2.45) is 0 Å². The summed E-state index contributed by atoms with van der Waals surface area (Å²) in [5.74, 6) is 1.01. The highest BCUT2D eigenvalue weighted by molar-refractivity contribution is 9.10. The third-order valence-electron chi connectivity index (χ3n) is 3.62. The first-order valence-electron chi connectivity index (χ1n) is 6.75. The molecule has 0 amide bonds. The van der Waals surface area contributed by atoms with Gasteiger partial charge in [0, 0.05) is 11.1 Å². The zero-order valence-electron chi connectivity index (χ0n) is 12.8. The van der Waals surface area contributed by atoms with Gasteiger partial charge in [0.2, 0.25) is 5.95 Å². The lowest BCUT2D eigenvalue weighted by Crippen LogP contribution is -2.07. The summed E-state index contributed by atoms with van der Waals surface area (Å²) in [4.78, 5) is 17.3. The summed E-state index contributed by atoms with van der Waals surface area (Å²) in [5.41, 5.74) is 9.87. The van der Waals surface area contributed by atoms with Crippen LogP contribution in [0.15, 0.2) is 15.5 Å². The number of pyridine rings is 1. The van der Waals surface area contributed by atoms with Crippen molar-refractivity contribution in [3.05, 3.63) is 32.4 Å². The number of rotatable bonds is 3. The first-order chi connectivity index (χ1) is 10.9. The van der Waals surface area contributed by atoms with E-state index >= 15 is 0 Å². The van der Waals surface area contributed by atoms with Gasteiger partial charge in [-0.1, -0.05) is 0 Å². The first-order valence-corrected chi connectivity index (χ1v) is 8.34. The Morgan fingerprint density at radius 2 is 1.87 bits per heavy atom. The van der Waals surface area contributed by atoms with E-state index in [2.05, 4.69) is 51.8 Å². The van der Waals surface area contributed by atoms with Gasteiger partial charge in [0.15, 0.2) is 5.65 Å². The van der Waals surface area contributed by atoms with Gasteiger partial charge in [-0.05, 0) is 45.7 Å². The van der Waals surface area contributed by atoms with E-state index in [1.165, 1.54) is 0 Å². The Bertz CT molecular complexity index is 908. The zero-order valence-corrected chi connectivity index (χ0v) is 15.9. The highest BCUT2D eigenvalue weighted by Crippen LogP contribution is 2.31. The molecule has 0 radical (unpaired) electrons. The maximum Gasteiger partial charge on any atom is 0.223 e. The Labute approximate surface area is 149 Å². The third-order valence-corrected chi connectivity index (χ3v) is 4.94. The minimum atomic E-state index is 0.193. The highest BCUT2D eigenvalue weighted by Gasteiger charge is 2.16. The van der Waals surface area contributed by atoms with Crippen LogP contribution < -0.4 is 10.5 Å². The Balaban J connectivity index is 2.12. The highest BCUT2D eigenvalue weighted by atomic mass is 79.9. The molecule has 0 saturated heterocycles. The second-order valence-corrected chi connectivity index (χ2v) is 6.55.